The molecule has 0 saturated heterocycles. The first kappa shape index (κ1) is 11.3. The third-order valence-corrected chi connectivity index (χ3v) is 2.97. The van der Waals surface area contributed by atoms with E-state index in [2.05, 4.69) is 4.74 Å². The van der Waals surface area contributed by atoms with Crippen LogP contribution in [0.25, 0.3) is 0 Å². The Hall–Kier alpha value is -1.23. The van der Waals surface area contributed by atoms with E-state index in [1.54, 1.807) is 6.07 Å². The van der Waals surface area contributed by atoms with Crippen molar-refractivity contribution in [1.29, 1.82) is 0 Å². The molecule has 1 aliphatic rings. The van der Waals surface area contributed by atoms with Crippen molar-refractivity contribution < 1.29 is 17.9 Å². The minimum Gasteiger partial charge on any atom is -0.406 e. The van der Waals surface area contributed by atoms with Crippen LogP contribution in [0.3, 0.4) is 0 Å². The summed E-state index contributed by atoms with van der Waals surface area (Å²) in [5.41, 5.74) is 6.22. The molecule has 88 valence electrons. The first-order chi connectivity index (χ1) is 7.31. The molecule has 5 heteroatoms. The number of hydrogen-bond donors (Lipinski definition) is 1. The predicted molar refractivity (Wildman–Crippen MR) is 52.8 cm³/mol. The van der Waals surface area contributed by atoms with E-state index in [-0.39, 0.29) is 5.75 Å². The standard InChI is InChI=1S/C11H12F3NO/c1-7-6-10(7,15)8-3-2-4-9(5-8)16-11(12,13)14/h2-5,7H,6,15H2,1H3. The molecule has 16 heavy (non-hydrogen) atoms. The van der Waals surface area contributed by atoms with Gasteiger partial charge in [-0.2, -0.15) is 0 Å². The number of rotatable bonds is 2. The van der Waals surface area contributed by atoms with Crippen LogP contribution in [0.2, 0.25) is 0 Å². The highest BCUT2D eigenvalue weighted by atomic mass is 19.4. The average molecular weight is 231 g/mol. The molecule has 1 aromatic rings. The number of ether oxygens (including phenoxy) is 1. The third kappa shape index (κ3) is 2.14. The highest BCUT2D eigenvalue weighted by molar-refractivity contribution is 5.37. The molecular formula is C11H12F3NO. The number of alkyl halides is 3. The van der Waals surface area contributed by atoms with E-state index in [0.717, 1.165) is 6.42 Å². The summed E-state index contributed by atoms with van der Waals surface area (Å²) in [5.74, 6) is 0.0857. The van der Waals surface area contributed by atoms with E-state index in [9.17, 15) is 13.2 Å². The Morgan fingerprint density at radius 3 is 2.56 bits per heavy atom. The topological polar surface area (TPSA) is 35.2 Å². The van der Waals surface area contributed by atoms with Crippen LogP contribution < -0.4 is 10.5 Å². The van der Waals surface area contributed by atoms with E-state index >= 15 is 0 Å². The molecule has 1 aliphatic carbocycles. The van der Waals surface area contributed by atoms with Crippen LogP contribution in [0.4, 0.5) is 13.2 Å². The van der Waals surface area contributed by atoms with Crippen LogP contribution >= 0.6 is 0 Å². The molecule has 0 radical (unpaired) electrons. The number of halogens is 3. The summed E-state index contributed by atoms with van der Waals surface area (Å²) < 4.78 is 39.9. The summed E-state index contributed by atoms with van der Waals surface area (Å²) in [5, 5.41) is 0. The summed E-state index contributed by atoms with van der Waals surface area (Å²) >= 11 is 0. The van der Waals surface area contributed by atoms with Gasteiger partial charge < -0.3 is 10.5 Å². The maximum Gasteiger partial charge on any atom is 0.573 e. The van der Waals surface area contributed by atoms with E-state index in [1.807, 2.05) is 6.92 Å². The van der Waals surface area contributed by atoms with Crippen molar-refractivity contribution in [2.45, 2.75) is 25.2 Å². The van der Waals surface area contributed by atoms with Crippen LogP contribution in [-0.4, -0.2) is 6.36 Å². The van der Waals surface area contributed by atoms with Crippen molar-refractivity contribution >= 4 is 0 Å². The average Bonchev–Trinajstić information content (AvgIpc) is 2.74. The predicted octanol–water partition coefficient (Wildman–Crippen LogP) is 2.78. The van der Waals surface area contributed by atoms with Crippen LogP contribution in [0, 0.1) is 5.92 Å². The zero-order valence-electron chi connectivity index (χ0n) is 8.71. The molecule has 1 aromatic carbocycles. The molecule has 2 rings (SSSR count). The van der Waals surface area contributed by atoms with Gasteiger partial charge in [0.15, 0.2) is 0 Å². The molecule has 0 amide bonds. The Bertz CT molecular complexity index is 404. The number of nitrogens with two attached hydrogens (primary N) is 1. The normalized spacial score (nSPS) is 28.9. The van der Waals surface area contributed by atoms with Gasteiger partial charge >= 0.3 is 6.36 Å². The smallest absolute Gasteiger partial charge is 0.406 e. The minimum atomic E-state index is -4.66. The monoisotopic (exact) mass is 231 g/mol. The van der Waals surface area contributed by atoms with E-state index < -0.39 is 11.9 Å². The lowest BCUT2D eigenvalue weighted by molar-refractivity contribution is -0.274. The maximum atomic E-state index is 12.0. The van der Waals surface area contributed by atoms with Gasteiger partial charge in [0.25, 0.3) is 0 Å². The Morgan fingerprint density at radius 2 is 2.06 bits per heavy atom. The fraction of sp³-hybridized carbons (Fsp3) is 0.455. The first-order valence-electron chi connectivity index (χ1n) is 4.96. The van der Waals surface area contributed by atoms with Crippen molar-refractivity contribution in [3.63, 3.8) is 0 Å². The lowest BCUT2D eigenvalue weighted by Gasteiger charge is -2.14. The van der Waals surface area contributed by atoms with Gasteiger partial charge in [0.05, 0.1) is 0 Å². The molecular weight excluding hydrogens is 219 g/mol. The fourth-order valence-corrected chi connectivity index (χ4v) is 1.83. The summed E-state index contributed by atoms with van der Waals surface area (Å²) in [6.07, 6.45) is -3.86. The van der Waals surface area contributed by atoms with Gasteiger partial charge in [-0.05, 0) is 30.0 Å². The third-order valence-electron chi connectivity index (χ3n) is 2.97. The molecule has 2 unspecified atom stereocenters. The largest absolute Gasteiger partial charge is 0.573 e. The van der Waals surface area contributed by atoms with Crippen molar-refractivity contribution in [2.75, 3.05) is 0 Å². The Morgan fingerprint density at radius 1 is 1.44 bits per heavy atom. The van der Waals surface area contributed by atoms with E-state index in [0.29, 0.717) is 11.5 Å². The molecule has 2 atom stereocenters. The Labute approximate surface area is 91.2 Å². The zero-order valence-corrected chi connectivity index (χ0v) is 8.71. The van der Waals surface area contributed by atoms with Crippen molar-refractivity contribution in [1.82, 2.24) is 0 Å². The van der Waals surface area contributed by atoms with Gasteiger partial charge in [0, 0.05) is 5.54 Å². The molecule has 0 aliphatic heterocycles. The summed E-state index contributed by atoms with van der Waals surface area (Å²) in [4.78, 5) is 0. The van der Waals surface area contributed by atoms with Crippen LogP contribution in [0.1, 0.15) is 18.9 Å². The second kappa shape index (κ2) is 3.38. The second-order valence-corrected chi connectivity index (χ2v) is 4.22. The highest BCUT2D eigenvalue weighted by Crippen LogP contribution is 2.49. The molecule has 1 fully saturated rings. The van der Waals surface area contributed by atoms with Crippen molar-refractivity contribution in [2.24, 2.45) is 11.7 Å². The quantitative estimate of drug-likeness (QED) is 0.849. The molecule has 0 bridgehead atoms. The van der Waals surface area contributed by atoms with Gasteiger partial charge in [0.1, 0.15) is 5.75 Å². The van der Waals surface area contributed by atoms with Gasteiger partial charge in [0.2, 0.25) is 0 Å². The molecule has 0 spiro atoms. The van der Waals surface area contributed by atoms with Gasteiger partial charge in [-0.25, -0.2) is 0 Å². The number of benzene rings is 1. The van der Waals surface area contributed by atoms with Crippen LogP contribution in [0.15, 0.2) is 24.3 Å². The molecule has 1 saturated carbocycles. The van der Waals surface area contributed by atoms with E-state index in [4.69, 9.17) is 5.73 Å². The second-order valence-electron chi connectivity index (χ2n) is 4.22. The first-order valence-corrected chi connectivity index (χ1v) is 4.96. The lowest BCUT2D eigenvalue weighted by atomic mass is 10.0. The molecule has 0 aromatic heterocycles. The molecule has 2 nitrogen and oxygen atoms in total. The highest BCUT2D eigenvalue weighted by Gasteiger charge is 2.49. The van der Waals surface area contributed by atoms with Gasteiger partial charge in [-0.15, -0.1) is 13.2 Å². The fourth-order valence-electron chi connectivity index (χ4n) is 1.83. The molecule has 2 N–H and O–H groups in total. The minimum absolute atomic E-state index is 0.214. The summed E-state index contributed by atoms with van der Waals surface area (Å²) in [6, 6.07) is 5.88. The maximum absolute atomic E-state index is 12.0. The summed E-state index contributed by atoms with van der Waals surface area (Å²) in [7, 11) is 0. The molecule has 0 heterocycles. The van der Waals surface area contributed by atoms with E-state index in [1.165, 1.54) is 18.2 Å². The van der Waals surface area contributed by atoms with Crippen LogP contribution in [0.5, 0.6) is 5.75 Å². The Kier molecular flexibility index (Phi) is 2.38. The van der Waals surface area contributed by atoms with Gasteiger partial charge in [-0.3, -0.25) is 0 Å². The van der Waals surface area contributed by atoms with Crippen LogP contribution in [-0.2, 0) is 5.54 Å². The van der Waals surface area contributed by atoms with Crippen molar-refractivity contribution in [3.8, 4) is 5.75 Å². The van der Waals surface area contributed by atoms with Crippen molar-refractivity contribution in [3.05, 3.63) is 29.8 Å². The number of hydrogen-bond acceptors (Lipinski definition) is 2. The zero-order chi connectivity index (χ0) is 12.0. The Balaban J connectivity index is 2.21. The SMILES string of the molecule is CC1CC1(N)c1cccc(OC(F)(F)F)c1. The lowest BCUT2D eigenvalue weighted by Crippen LogP contribution is -2.22. The summed E-state index contributed by atoms with van der Waals surface area (Å²) in [6.45, 7) is 1.97. The van der Waals surface area contributed by atoms with Gasteiger partial charge in [-0.1, -0.05) is 19.1 Å².